The number of hydrogen-bond donors (Lipinski definition) is 1. The molecule has 0 unspecified atom stereocenters. The first-order valence-corrected chi connectivity index (χ1v) is 12.8. The molecular weight excluding hydrogens is 485 g/mol. The van der Waals surface area contributed by atoms with Gasteiger partial charge in [-0.3, -0.25) is 0 Å². The zero-order valence-electron chi connectivity index (χ0n) is 19.6. The Hall–Kier alpha value is -3.10. The molecule has 2 N–H and O–H groups in total. The second-order valence-electron chi connectivity index (χ2n) is 8.61. The van der Waals surface area contributed by atoms with E-state index in [1.54, 1.807) is 11.8 Å². The Morgan fingerprint density at radius 3 is 2.06 bits per heavy atom. The van der Waals surface area contributed by atoms with Gasteiger partial charge in [-0.05, 0) is 47.2 Å². The van der Waals surface area contributed by atoms with Gasteiger partial charge in [-0.25, -0.2) is 4.98 Å². The summed E-state index contributed by atoms with van der Waals surface area (Å²) in [5.74, 6) is 0.966. The lowest BCUT2D eigenvalue weighted by atomic mass is 9.75. The number of hydrogen-bond acceptors (Lipinski definition) is 5. The van der Waals surface area contributed by atoms with Gasteiger partial charge in [0.15, 0.2) is 5.58 Å². The van der Waals surface area contributed by atoms with Crippen LogP contribution >= 0.6 is 11.8 Å². The molecule has 1 heterocycles. The van der Waals surface area contributed by atoms with Crippen LogP contribution in [0.25, 0.3) is 22.2 Å². The van der Waals surface area contributed by atoms with Gasteiger partial charge in [-0.1, -0.05) is 85.3 Å². The number of fused-ring (bicyclic) bond motifs is 4. The van der Waals surface area contributed by atoms with Gasteiger partial charge in [-0.15, -0.1) is 0 Å². The number of alkyl halides is 3. The van der Waals surface area contributed by atoms with Gasteiger partial charge in [0.1, 0.15) is 11.8 Å². The van der Waals surface area contributed by atoms with Crippen LogP contribution < -0.4 is 5.73 Å². The molecule has 4 nitrogen and oxygen atoms in total. The fourth-order valence-electron chi connectivity index (χ4n) is 4.57. The van der Waals surface area contributed by atoms with E-state index in [0.717, 1.165) is 58.9 Å². The number of carbonyl (C=O) groups excluding carboxylic acids is 1. The molecule has 1 aliphatic carbocycles. The van der Waals surface area contributed by atoms with Gasteiger partial charge in [0.2, 0.25) is 0 Å². The van der Waals surface area contributed by atoms with Crippen molar-refractivity contribution in [2.24, 2.45) is 5.73 Å². The van der Waals surface area contributed by atoms with Crippen molar-refractivity contribution in [2.75, 3.05) is 12.3 Å². The van der Waals surface area contributed by atoms with E-state index in [9.17, 15) is 18.0 Å². The van der Waals surface area contributed by atoms with Crippen molar-refractivity contribution in [3.8, 4) is 11.1 Å². The van der Waals surface area contributed by atoms with Crippen molar-refractivity contribution in [1.29, 1.82) is 0 Å². The van der Waals surface area contributed by atoms with Crippen LogP contribution in [0.1, 0.15) is 36.8 Å². The lowest BCUT2D eigenvalue weighted by molar-refractivity contribution is -0.118. The standard InChI is InChI=1S/C26H23NO2S.C2H4F3N/c28-18-26(21-12-4-2-10-19(21)20-11-3-5-13-22(20)26)16-8-1-9-17-30-25-27-23-14-6-7-15-24(23)29-25;3-2(4,5)1-6/h2-7,10-15,18H,1,8-9,16-17H2;1,6H2. The van der Waals surface area contributed by atoms with Crippen LogP contribution in [0, 0.1) is 0 Å². The summed E-state index contributed by atoms with van der Waals surface area (Å²) in [6, 6.07) is 24.6. The van der Waals surface area contributed by atoms with Gasteiger partial charge in [0.05, 0.1) is 12.0 Å². The van der Waals surface area contributed by atoms with Crippen LogP contribution in [-0.2, 0) is 10.2 Å². The Labute approximate surface area is 212 Å². The molecule has 188 valence electrons. The molecule has 0 radical (unpaired) electrons. The van der Waals surface area contributed by atoms with Gasteiger partial charge in [0, 0.05) is 5.75 Å². The summed E-state index contributed by atoms with van der Waals surface area (Å²) in [4.78, 5) is 16.9. The molecule has 0 fully saturated rings. The summed E-state index contributed by atoms with van der Waals surface area (Å²) in [5.41, 5.74) is 10.1. The molecule has 0 bridgehead atoms. The Bertz CT molecular complexity index is 1240. The summed E-state index contributed by atoms with van der Waals surface area (Å²) in [6.07, 6.45) is 0.993. The average Bonchev–Trinajstić information content (AvgIpc) is 3.43. The largest absolute Gasteiger partial charge is 0.431 e. The quantitative estimate of drug-likeness (QED) is 0.154. The maximum absolute atomic E-state index is 12.4. The summed E-state index contributed by atoms with van der Waals surface area (Å²) < 4.78 is 37.8. The fourth-order valence-corrected chi connectivity index (χ4v) is 5.40. The molecule has 1 aromatic heterocycles. The first kappa shape index (κ1) is 26.0. The summed E-state index contributed by atoms with van der Waals surface area (Å²) in [5, 5.41) is 0.735. The van der Waals surface area contributed by atoms with E-state index in [2.05, 4.69) is 47.1 Å². The number of nitrogens with two attached hydrogens (primary N) is 1. The Morgan fingerprint density at radius 1 is 0.889 bits per heavy atom. The fraction of sp³-hybridized carbons (Fsp3) is 0.286. The number of para-hydroxylation sites is 2. The van der Waals surface area contributed by atoms with E-state index in [0.29, 0.717) is 0 Å². The minimum absolute atomic E-state index is 0.513. The number of halogens is 3. The zero-order valence-corrected chi connectivity index (χ0v) is 20.4. The summed E-state index contributed by atoms with van der Waals surface area (Å²) in [6.45, 7) is -1.23. The monoisotopic (exact) mass is 512 g/mol. The van der Waals surface area contributed by atoms with Crippen LogP contribution in [0.4, 0.5) is 13.2 Å². The van der Waals surface area contributed by atoms with Gasteiger partial charge in [0.25, 0.3) is 5.22 Å². The van der Waals surface area contributed by atoms with Crippen molar-refractivity contribution < 1.29 is 22.4 Å². The smallest absolute Gasteiger partial charge is 0.400 e. The van der Waals surface area contributed by atoms with E-state index in [4.69, 9.17) is 4.42 Å². The van der Waals surface area contributed by atoms with E-state index >= 15 is 0 Å². The lowest BCUT2D eigenvalue weighted by Gasteiger charge is -2.25. The number of carbonyl (C=O) groups is 1. The predicted molar refractivity (Wildman–Crippen MR) is 137 cm³/mol. The van der Waals surface area contributed by atoms with Gasteiger partial charge >= 0.3 is 6.18 Å². The minimum Gasteiger partial charge on any atom is -0.431 e. The number of benzene rings is 3. The molecule has 3 aromatic carbocycles. The van der Waals surface area contributed by atoms with Crippen molar-refractivity contribution >= 4 is 29.1 Å². The molecule has 0 aliphatic heterocycles. The van der Waals surface area contributed by atoms with Crippen LogP contribution in [0.5, 0.6) is 0 Å². The molecule has 5 rings (SSSR count). The highest BCUT2D eigenvalue weighted by molar-refractivity contribution is 7.99. The van der Waals surface area contributed by atoms with Crippen molar-refractivity contribution in [3.05, 3.63) is 83.9 Å². The third-order valence-electron chi connectivity index (χ3n) is 6.25. The predicted octanol–water partition coefficient (Wildman–Crippen LogP) is 7.15. The number of rotatable bonds is 8. The SMILES string of the molecule is NCC(F)(F)F.O=CC1(CCCCCSc2nc3ccccc3o2)c2ccccc2-c2ccccc21. The third-order valence-corrected chi connectivity index (χ3v) is 7.17. The Morgan fingerprint density at radius 2 is 1.47 bits per heavy atom. The molecule has 0 amide bonds. The van der Waals surface area contributed by atoms with E-state index in [-0.39, 0.29) is 0 Å². The van der Waals surface area contributed by atoms with Gasteiger partial charge in [-0.2, -0.15) is 13.2 Å². The lowest BCUT2D eigenvalue weighted by Crippen LogP contribution is -2.27. The third kappa shape index (κ3) is 5.65. The van der Waals surface area contributed by atoms with Crippen molar-refractivity contribution in [2.45, 2.75) is 42.5 Å². The van der Waals surface area contributed by atoms with Crippen LogP contribution in [-0.4, -0.2) is 29.7 Å². The summed E-state index contributed by atoms with van der Waals surface area (Å²) >= 11 is 1.66. The van der Waals surface area contributed by atoms with E-state index in [1.807, 2.05) is 36.4 Å². The molecule has 1 aliphatic rings. The molecule has 0 atom stereocenters. The topological polar surface area (TPSA) is 69.1 Å². The Kier molecular flexibility index (Phi) is 8.16. The number of aldehydes is 1. The molecule has 4 aromatic rings. The average molecular weight is 513 g/mol. The van der Waals surface area contributed by atoms with Crippen LogP contribution in [0.2, 0.25) is 0 Å². The second kappa shape index (κ2) is 11.3. The molecule has 36 heavy (non-hydrogen) atoms. The van der Waals surface area contributed by atoms with E-state index in [1.165, 1.54) is 17.4 Å². The second-order valence-corrected chi connectivity index (χ2v) is 9.65. The van der Waals surface area contributed by atoms with Gasteiger partial charge < -0.3 is 14.9 Å². The highest BCUT2D eigenvalue weighted by Crippen LogP contribution is 2.50. The first-order valence-electron chi connectivity index (χ1n) is 11.8. The van der Waals surface area contributed by atoms with Crippen molar-refractivity contribution in [3.63, 3.8) is 0 Å². The van der Waals surface area contributed by atoms with Crippen LogP contribution in [0.15, 0.2) is 82.4 Å². The molecule has 0 saturated carbocycles. The molecular formula is C28H27F3N2O2S. The maximum Gasteiger partial charge on any atom is 0.400 e. The zero-order chi connectivity index (χ0) is 25.6. The number of thioether (sulfide) groups is 1. The first-order chi connectivity index (χ1) is 17.4. The molecule has 0 spiro atoms. The van der Waals surface area contributed by atoms with Crippen LogP contribution in [0.3, 0.4) is 0 Å². The normalized spacial score (nSPS) is 13.6. The van der Waals surface area contributed by atoms with E-state index < -0.39 is 18.1 Å². The highest BCUT2D eigenvalue weighted by atomic mass is 32.2. The summed E-state index contributed by atoms with van der Waals surface area (Å²) in [7, 11) is 0. The molecule has 0 saturated heterocycles. The Balaban J connectivity index is 0.000000455. The highest BCUT2D eigenvalue weighted by Gasteiger charge is 2.42. The number of nitrogens with zero attached hydrogens (tertiary/aromatic N) is 1. The number of oxazole rings is 1. The minimum atomic E-state index is -4.18. The molecule has 8 heteroatoms. The number of aromatic nitrogens is 1. The van der Waals surface area contributed by atoms with Crippen molar-refractivity contribution in [1.82, 2.24) is 4.98 Å². The maximum atomic E-state index is 12.4. The number of unbranched alkanes of at least 4 members (excludes halogenated alkanes) is 2.